The van der Waals surface area contributed by atoms with E-state index in [-0.39, 0.29) is 11.4 Å². The summed E-state index contributed by atoms with van der Waals surface area (Å²) >= 11 is 0. The van der Waals surface area contributed by atoms with Crippen LogP contribution in [0, 0.1) is 6.92 Å². The highest BCUT2D eigenvalue weighted by molar-refractivity contribution is 5.95. The molecule has 0 spiro atoms. The summed E-state index contributed by atoms with van der Waals surface area (Å²) in [5.41, 5.74) is 7.09. The molecular formula is C10H16N4O. The number of nitrogens with two attached hydrogens (primary N) is 1. The van der Waals surface area contributed by atoms with E-state index in [1.165, 1.54) is 0 Å². The van der Waals surface area contributed by atoms with Crippen molar-refractivity contribution in [1.82, 2.24) is 14.7 Å². The number of carbonyl (C=O) groups is 1. The van der Waals surface area contributed by atoms with Crippen LogP contribution in [0.4, 0.5) is 0 Å². The molecule has 1 fully saturated rings. The van der Waals surface area contributed by atoms with Crippen molar-refractivity contribution >= 4 is 5.91 Å². The first-order chi connectivity index (χ1) is 6.89. The van der Waals surface area contributed by atoms with Crippen molar-refractivity contribution in [2.24, 2.45) is 12.8 Å². The lowest BCUT2D eigenvalue weighted by molar-refractivity contribution is 0.0453. The van der Waals surface area contributed by atoms with Gasteiger partial charge in [0.2, 0.25) is 0 Å². The van der Waals surface area contributed by atoms with Gasteiger partial charge in [-0.05, 0) is 13.8 Å². The lowest BCUT2D eigenvalue weighted by Crippen LogP contribution is -2.66. The van der Waals surface area contributed by atoms with Gasteiger partial charge in [-0.2, -0.15) is 5.10 Å². The average Bonchev–Trinajstić information content (AvgIpc) is 2.40. The van der Waals surface area contributed by atoms with Gasteiger partial charge in [0.25, 0.3) is 5.91 Å². The third-order valence-electron chi connectivity index (χ3n) is 2.64. The summed E-state index contributed by atoms with van der Waals surface area (Å²) in [6, 6.07) is 0. The van der Waals surface area contributed by atoms with Crippen molar-refractivity contribution in [2.75, 3.05) is 13.1 Å². The van der Waals surface area contributed by atoms with Gasteiger partial charge < -0.3 is 10.6 Å². The van der Waals surface area contributed by atoms with E-state index in [1.54, 1.807) is 15.8 Å². The number of nitrogens with zero attached hydrogens (tertiary/aromatic N) is 3. The number of aromatic nitrogens is 2. The molecule has 1 aromatic heterocycles. The van der Waals surface area contributed by atoms with Crippen LogP contribution in [0.5, 0.6) is 0 Å². The van der Waals surface area contributed by atoms with Gasteiger partial charge in [-0.3, -0.25) is 9.48 Å². The van der Waals surface area contributed by atoms with Crippen molar-refractivity contribution in [3.05, 3.63) is 17.5 Å². The molecule has 1 aliphatic heterocycles. The van der Waals surface area contributed by atoms with Crippen molar-refractivity contribution < 1.29 is 4.79 Å². The highest BCUT2D eigenvalue weighted by Gasteiger charge is 2.38. The van der Waals surface area contributed by atoms with Crippen LogP contribution in [0.15, 0.2) is 6.20 Å². The van der Waals surface area contributed by atoms with Gasteiger partial charge in [0.15, 0.2) is 0 Å². The molecule has 0 aromatic carbocycles. The lowest BCUT2D eigenvalue weighted by atomic mass is 9.93. The molecule has 1 aliphatic rings. The Bertz CT molecular complexity index is 400. The van der Waals surface area contributed by atoms with Gasteiger partial charge in [0, 0.05) is 31.9 Å². The fourth-order valence-electron chi connectivity index (χ4n) is 1.95. The maximum Gasteiger partial charge on any atom is 0.257 e. The fourth-order valence-corrected chi connectivity index (χ4v) is 1.95. The van der Waals surface area contributed by atoms with Gasteiger partial charge in [-0.15, -0.1) is 0 Å². The van der Waals surface area contributed by atoms with Crippen LogP contribution >= 0.6 is 0 Å². The Labute approximate surface area is 88.8 Å². The standard InChI is InChI=1S/C10H16N4O/c1-7-8(4-13(3)12-7)9(15)14-5-10(2,11)6-14/h4H,5-6,11H2,1-3H3. The maximum absolute atomic E-state index is 12.0. The first kappa shape index (κ1) is 10.2. The summed E-state index contributed by atoms with van der Waals surface area (Å²) < 4.78 is 1.66. The largest absolute Gasteiger partial charge is 0.335 e. The summed E-state index contributed by atoms with van der Waals surface area (Å²) in [5, 5.41) is 4.15. The number of likely N-dealkylation sites (tertiary alicyclic amines) is 1. The number of aryl methyl sites for hydroxylation is 2. The third kappa shape index (κ3) is 1.74. The minimum Gasteiger partial charge on any atom is -0.335 e. The molecule has 2 rings (SSSR count). The van der Waals surface area contributed by atoms with Gasteiger partial charge in [-0.1, -0.05) is 0 Å². The molecule has 1 saturated heterocycles. The molecule has 0 unspecified atom stereocenters. The van der Waals surface area contributed by atoms with E-state index < -0.39 is 0 Å². The Morgan fingerprint density at radius 2 is 2.20 bits per heavy atom. The average molecular weight is 208 g/mol. The summed E-state index contributed by atoms with van der Waals surface area (Å²) in [5.74, 6) is 0.0310. The fraction of sp³-hybridized carbons (Fsp3) is 0.600. The van der Waals surface area contributed by atoms with Crippen LogP contribution in [-0.2, 0) is 7.05 Å². The Morgan fingerprint density at radius 3 is 2.60 bits per heavy atom. The molecular weight excluding hydrogens is 192 g/mol. The first-order valence-corrected chi connectivity index (χ1v) is 4.97. The Kier molecular flexibility index (Phi) is 2.08. The van der Waals surface area contributed by atoms with E-state index >= 15 is 0 Å². The molecule has 2 heterocycles. The van der Waals surface area contributed by atoms with Crippen LogP contribution in [0.3, 0.4) is 0 Å². The van der Waals surface area contributed by atoms with Gasteiger partial charge in [0.1, 0.15) is 0 Å². The number of rotatable bonds is 1. The van der Waals surface area contributed by atoms with E-state index in [2.05, 4.69) is 5.10 Å². The third-order valence-corrected chi connectivity index (χ3v) is 2.64. The van der Waals surface area contributed by atoms with Crippen molar-refractivity contribution in [1.29, 1.82) is 0 Å². The monoisotopic (exact) mass is 208 g/mol. The Hall–Kier alpha value is -1.36. The molecule has 1 aromatic rings. The predicted molar refractivity (Wildman–Crippen MR) is 56.4 cm³/mol. The molecule has 5 heteroatoms. The van der Waals surface area contributed by atoms with E-state index in [0.717, 1.165) is 5.69 Å². The van der Waals surface area contributed by atoms with Gasteiger partial charge in [0.05, 0.1) is 11.3 Å². The summed E-state index contributed by atoms with van der Waals surface area (Å²) in [6.07, 6.45) is 1.75. The highest BCUT2D eigenvalue weighted by atomic mass is 16.2. The van der Waals surface area contributed by atoms with E-state index in [1.807, 2.05) is 20.9 Å². The zero-order chi connectivity index (χ0) is 11.2. The van der Waals surface area contributed by atoms with Crippen molar-refractivity contribution in [3.8, 4) is 0 Å². The summed E-state index contributed by atoms with van der Waals surface area (Å²) in [7, 11) is 1.81. The van der Waals surface area contributed by atoms with Gasteiger partial charge >= 0.3 is 0 Å². The summed E-state index contributed by atoms with van der Waals surface area (Å²) in [4.78, 5) is 13.7. The quantitative estimate of drug-likeness (QED) is 0.701. The minimum atomic E-state index is -0.216. The topological polar surface area (TPSA) is 64.2 Å². The predicted octanol–water partition coefficient (Wildman–Crippen LogP) is -0.0983. The second-order valence-electron chi connectivity index (χ2n) is 4.62. The zero-order valence-corrected chi connectivity index (χ0v) is 9.32. The second-order valence-corrected chi connectivity index (χ2v) is 4.62. The maximum atomic E-state index is 12.0. The normalized spacial score (nSPS) is 18.8. The highest BCUT2D eigenvalue weighted by Crippen LogP contribution is 2.20. The smallest absolute Gasteiger partial charge is 0.257 e. The molecule has 5 nitrogen and oxygen atoms in total. The molecule has 0 atom stereocenters. The lowest BCUT2D eigenvalue weighted by Gasteiger charge is -2.45. The Morgan fingerprint density at radius 1 is 1.60 bits per heavy atom. The van der Waals surface area contributed by atoms with Crippen LogP contribution in [0.1, 0.15) is 23.0 Å². The molecule has 0 saturated carbocycles. The second kappa shape index (κ2) is 3.06. The van der Waals surface area contributed by atoms with E-state index in [4.69, 9.17) is 5.73 Å². The molecule has 1 amide bonds. The summed E-state index contributed by atoms with van der Waals surface area (Å²) in [6.45, 7) is 5.04. The van der Waals surface area contributed by atoms with Crippen LogP contribution in [0.2, 0.25) is 0 Å². The zero-order valence-electron chi connectivity index (χ0n) is 9.32. The number of hydrogen-bond acceptors (Lipinski definition) is 3. The number of hydrogen-bond donors (Lipinski definition) is 1. The number of carbonyl (C=O) groups excluding carboxylic acids is 1. The SMILES string of the molecule is Cc1nn(C)cc1C(=O)N1CC(C)(N)C1. The molecule has 15 heavy (non-hydrogen) atoms. The van der Waals surface area contributed by atoms with Crippen molar-refractivity contribution in [2.45, 2.75) is 19.4 Å². The molecule has 0 radical (unpaired) electrons. The Balaban J connectivity index is 2.13. The first-order valence-electron chi connectivity index (χ1n) is 4.97. The van der Waals surface area contributed by atoms with Crippen molar-refractivity contribution in [3.63, 3.8) is 0 Å². The molecule has 82 valence electrons. The molecule has 0 bridgehead atoms. The molecule has 2 N–H and O–H groups in total. The van der Waals surface area contributed by atoms with Crippen LogP contribution < -0.4 is 5.73 Å². The minimum absolute atomic E-state index is 0.0310. The van der Waals surface area contributed by atoms with Crippen LogP contribution in [0.25, 0.3) is 0 Å². The van der Waals surface area contributed by atoms with E-state index in [0.29, 0.717) is 18.7 Å². The molecule has 0 aliphatic carbocycles. The van der Waals surface area contributed by atoms with Crippen LogP contribution in [-0.4, -0.2) is 39.2 Å². The number of amides is 1. The van der Waals surface area contributed by atoms with E-state index in [9.17, 15) is 4.79 Å². The van der Waals surface area contributed by atoms with Gasteiger partial charge in [-0.25, -0.2) is 0 Å².